The van der Waals surface area contributed by atoms with Gasteiger partial charge in [-0.1, -0.05) is 24.3 Å². The van der Waals surface area contributed by atoms with Gasteiger partial charge in [0, 0.05) is 59.1 Å². The molecular formula is C68H48F10N8O9. The maximum Gasteiger partial charge on any atom is 0.346 e. The summed E-state index contributed by atoms with van der Waals surface area (Å²) in [6, 6.07) is 30.0. The van der Waals surface area contributed by atoms with Gasteiger partial charge in [-0.15, -0.1) is 0 Å². The average Bonchev–Trinajstić information content (AvgIpc) is 1.62. The maximum atomic E-state index is 16.3. The lowest BCUT2D eigenvalue weighted by Crippen LogP contribution is -2.25. The van der Waals surface area contributed by atoms with Gasteiger partial charge in [0.05, 0.1) is 120 Å². The lowest BCUT2D eigenvalue weighted by molar-refractivity contribution is -0.140. The zero-order chi connectivity index (χ0) is 66.6. The molecular weight excluding hydrogens is 1260 g/mol. The van der Waals surface area contributed by atoms with Crippen LogP contribution in [0.15, 0.2) is 133 Å². The number of nitriles is 2. The first-order valence-electron chi connectivity index (χ1n) is 29.1. The number of fused-ring (bicyclic) bond motifs is 2. The Hall–Kier alpha value is -10.6. The van der Waals surface area contributed by atoms with Crippen molar-refractivity contribution in [1.82, 2.24) is 29.1 Å². The van der Waals surface area contributed by atoms with Crippen molar-refractivity contribution in [1.29, 1.82) is 10.5 Å². The van der Waals surface area contributed by atoms with E-state index in [9.17, 15) is 35.9 Å². The van der Waals surface area contributed by atoms with Crippen molar-refractivity contribution >= 4 is 34.0 Å². The second-order valence-electron chi connectivity index (χ2n) is 22.1. The van der Waals surface area contributed by atoms with Crippen LogP contribution in [0.2, 0.25) is 0 Å². The first kappa shape index (κ1) is 64.5. The second kappa shape index (κ2) is 27.9. The molecule has 4 atom stereocenters. The van der Waals surface area contributed by atoms with Crippen molar-refractivity contribution in [2.24, 2.45) is 11.8 Å². The highest BCUT2D eigenvalue weighted by atomic mass is 19.3. The molecule has 0 unspecified atom stereocenters. The summed E-state index contributed by atoms with van der Waals surface area (Å²) in [6.45, 7) is -8.20. The number of ether oxygens (including phenoxy) is 7. The van der Waals surface area contributed by atoms with Gasteiger partial charge in [-0.3, -0.25) is 0 Å². The van der Waals surface area contributed by atoms with Gasteiger partial charge in [0.25, 0.3) is 0 Å². The highest BCUT2D eigenvalue weighted by Crippen LogP contribution is 2.38. The Balaban J connectivity index is 0.808. The molecule has 0 spiro atoms. The van der Waals surface area contributed by atoms with Crippen LogP contribution in [0.4, 0.5) is 43.9 Å². The average molecular weight is 1310 g/mol. The summed E-state index contributed by atoms with van der Waals surface area (Å²) < 4.78 is 189. The molecule has 0 radical (unpaired) electrons. The lowest BCUT2D eigenvalue weighted by Gasteiger charge is -2.22. The number of rotatable bonds is 22. The van der Waals surface area contributed by atoms with Crippen molar-refractivity contribution in [2.75, 3.05) is 39.6 Å². The van der Waals surface area contributed by atoms with Gasteiger partial charge >= 0.3 is 25.2 Å². The van der Waals surface area contributed by atoms with Crippen molar-refractivity contribution in [3.05, 3.63) is 225 Å². The third-order valence-electron chi connectivity index (χ3n) is 16.1. The fourth-order valence-electron chi connectivity index (χ4n) is 11.4. The lowest BCUT2D eigenvalue weighted by atomic mass is 10.0. The molecule has 4 aromatic heterocycles. The molecule has 6 heterocycles. The Morgan fingerprint density at radius 3 is 1.32 bits per heavy atom. The minimum atomic E-state index is -3.15. The van der Waals surface area contributed by atoms with Gasteiger partial charge in [0.1, 0.15) is 59.8 Å². The predicted molar refractivity (Wildman–Crippen MR) is 316 cm³/mol. The summed E-state index contributed by atoms with van der Waals surface area (Å²) >= 11 is 0. The fraction of sp³-hybridized carbons (Fsp3) is 0.235. The molecule has 0 amide bonds. The summed E-state index contributed by atoms with van der Waals surface area (Å²) in [5, 5.41) is 18.2. The van der Waals surface area contributed by atoms with E-state index in [1.54, 1.807) is 0 Å². The standard InChI is InChI=1S/C68H48F10N8O9/c69-47-15-35(25-79)7-9-39(47)29-91-63-5-1-3-53(83-63)45-23-49(71)41(17-51(45)73)21-61-81-55-13-11-37(19-57(55)85(61)59-33-89-27-43(59)31-93-67(75)76)65(87)95-66(88)38-12-14-56-58(20-38)86(60-34-90-28-44(60)32-94-68(77)78)62(82-56)22-42-18-52(74)46(24-50(42)72)54-4-2-6-64(84-54)92-30-40-10-8-36(26-80)16-48(40)70/h1-20,23-24,43-44,59-60,67-68H,21-22,27-34H2/t43-,44-,59-,60-/m1/s1. The number of hydrogen-bond donors (Lipinski definition) is 0. The van der Waals surface area contributed by atoms with Crippen LogP contribution in [0.5, 0.6) is 11.8 Å². The number of aromatic nitrogens is 6. The van der Waals surface area contributed by atoms with Gasteiger partial charge in [-0.2, -0.15) is 28.1 Å². The van der Waals surface area contributed by atoms with Crippen molar-refractivity contribution in [3.63, 3.8) is 0 Å². The van der Waals surface area contributed by atoms with Crippen molar-refractivity contribution in [3.8, 4) is 46.4 Å². The van der Waals surface area contributed by atoms with Gasteiger partial charge in [-0.05, 0) is 108 Å². The van der Waals surface area contributed by atoms with Crippen LogP contribution in [-0.2, 0) is 49.7 Å². The summed E-state index contributed by atoms with van der Waals surface area (Å²) in [5.74, 6) is -8.79. The number of carbonyl (C=O) groups excluding carboxylic acids is 2. The Bertz CT molecular complexity index is 4400. The number of esters is 2. The Morgan fingerprint density at radius 2 is 0.916 bits per heavy atom. The number of halogens is 10. The van der Waals surface area contributed by atoms with Crippen molar-refractivity contribution < 1.29 is 86.7 Å². The van der Waals surface area contributed by atoms with Crippen LogP contribution < -0.4 is 9.47 Å². The molecule has 0 bridgehead atoms. The molecule has 484 valence electrons. The molecule has 0 saturated carbocycles. The number of alkyl halides is 4. The Kier molecular flexibility index (Phi) is 19.0. The van der Waals surface area contributed by atoms with Crippen LogP contribution in [0, 0.1) is 69.4 Å². The minimum absolute atomic E-state index is 0.0344. The summed E-state index contributed by atoms with van der Waals surface area (Å²) in [5.41, 5.74) is -0.215. The van der Waals surface area contributed by atoms with E-state index < -0.39 is 110 Å². The molecule has 2 aliphatic heterocycles. The molecule has 95 heavy (non-hydrogen) atoms. The number of carbonyl (C=O) groups is 2. The number of pyridine rings is 2. The summed E-state index contributed by atoms with van der Waals surface area (Å²) in [4.78, 5) is 46.2. The van der Waals surface area contributed by atoms with Gasteiger partial charge in [0.15, 0.2) is 0 Å². The molecule has 2 aliphatic rings. The van der Waals surface area contributed by atoms with E-state index in [2.05, 4.69) is 19.4 Å². The quantitative estimate of drug-likeness (QED) is 0.0351. The van der Waals surface area contributed by atoms with Crippen molar-refractivity contribution in [2.45, 2.75) is 51.4 Å². The molecule has 2 saturated heterocycles. The van der Waals surface area contributed by atoms with Gasteiger partial charge < -0.3 is 42.3 Å². The van der Waals surface area contributed by atoms with E-state index in [1.807, 2.05) is 12.1 Å². The van der Waals surface area contributed by atoms with E-state index in [-0.39, 0.29) is 152 Å². The third-order valence-corrected chi connectivity index (χ3v) is 16.1. The zero-order valence-electron chi connectivity index (χ0n) is 49.3. The third kappa shape index (κ3) is 14.2. The monoisotopic (exact) mass is 1310 g/mol. The smallest absolute Gasteiger partial charge is 0.346 e. The van der Waals surface area contributed by atoms with E-state index in [4.69, 9.17) is 44.2 Å². The van der Waals surface area contributed by atoms with E-state index >= 15 is 17.6 Å². The number of benzene rings is 6. The largest absolute Gasteiger partial charge is 0.473 e. The predicted octanol–water partition coefficient (Wildman–Crippen LogP) is 13.3. The molecule has 27 heteroatoms. The normalized spacial score (nSPS) is 16.2. The zero-order valence-corrected chi connectivity index (χ0v) is 49.3. The highest BCUT2D eigenvalue weighted by Gasteiger charge is 2.36. The topological polar surface area (TPSA) is 208 Å². The van der Waals surface area contributed by atoms with Gasteiger partial charge in [0.2, 0.25) is 11.8 Å². The van der Waals surface area contributed by atoms with Crippen LogP contribution >= 0.6 is 0 Å². The molecule has 2 fully saturated rings. The Morgan fingerprint density at radius 1 is 0.495 bits per heavy atom. The van der Waals surface area contributed by atoms with Crippen LogP contribution in [-0.4, -0.2) is 93.9 Å². The maximum absolute atomic E-state index is 16.3. The first-order valence-corrected chi connectivity index (χ1v) is 29.1. The Labute approximate surface area is 532 Å². The summed E-state index contributed by atoms with van der Waals surface area (Å²) in [7, 11) is 0. The van der Waals surface area contributed by atoms with Crippen LogP contribution in [0.3, 0.4) is 0 Å². The first-order chi connectivity index (χ1) is 45.9. The van der Waals surface area contributed by atoms with Crippen LogP contribution in [0.1, 0.15) is 77.8 Å². The molecule has 0 N–H and O–H groups in total. The van der Waals surface area contributed by atoms with Crippen LogP contribution in [0.25, 0.3) is 44.6 Å². The second-order valence-corrected chi connectivity index (χ2v) is 22.1. The fourth-order valence-corrected chi connectivity index (χ4v) is 11.4. The number of nitrogens with zero attached hydrogens (tertiary/aromatic N) is 8. The SMILES string of the molecule is N#Cc1ccc(COc2cccc(-c3cc(F)c(Cc4nc5ccc(C(=O)OC(=O)c6ccc7nc(Cc8cc(F)c(-c9cccc(OCc%10ccc(C#N)cc%10F)n9)cc8F)n([C@@H]8COC[C@@H]8COC(F)F)c7c6)cc5n4[C@@H]4COC[C@@H]4COC(F)F)cc3F)n2)c(F)c1. The highest BCUT2D eigenvalue weighted by molar-refractivity contribution is 6.05. The molecule has 17 nitrogen and oxygen atoms in total. The number of imidazole rings is 2. The number of hydrogen-bond acceptors (Lipinski definition) is 15. The molecule has 10 aromatic rings. The van der Waals surface area contributed by atoms with Gasteiger partial charge in [-0.25, -0.2) is 55.9 Å². The molecule has 6 aromatic carbocycles. The van der Waals surface area contributed by atoms with E-state index in [0.717, 1.165) is 36.4 Å². The molecule has 12 rings (SSSR count). The molecule has 0 aliphatic carbocycles. The van der Waals surface area contributed by atoms with E-state index in [1.165, 1.54) is 106 Å². The van der Waals surface area contributed by atoms with E-state index in [0.29, 0.717) is 0 Å². The summed E-state index contributed by atoms with van der Waals surface area (Å²) in [6.07, 6.45) is -0.793. The minimum Gasteiger partial charge on any atom is -0.473 e.